The summed E-state index contributed by atoms with van der Waals surface area (Å²) in [6, 6.07) is 10.4. The van der Waals surface area contributed by atoms with Crippen molar-refractivity contribution in [1.82, 2.24) is 4.90 Å². The molecule has 94 valence electrons. The monoisotopic (exact) mass is 242 g/mol. The maximum atomic E-state index is 11.2. The first-order valence-corrected chi connectivity index (χ1v) is 6.40. The fraction of sp³-hybridized carbons (Fsp3) is 0.467. The fourth-order valence-corrected chi connectivity index (χ4v) is 2.47. The molecule has 0 heterocycles. The third-order valence-corrected chi connectivity index (χ3v) is 3.65. The minimum atomic E-state index is 0.401. The summed E-state index contributed by atoms with van der Waals surface area (Å²) in [5.41, 5.74) is 1.91. The van der Waals surface area contributed by atoms with Crippen LogP contribution in [0.1, 0.15) is 36.8 Å². The summed E-state index contributed by atoms with van der Waals surface area (Å²) in [7, 11) is 2.11. The second-order valence-electron chi connectivity index (χ2n) is 4.99. The van der Waals surface area contributed by atoms with Crippen molar-refractivity contribution in [2.75, 3.05) is 7.05 Å². The molecule has 3 heteroatoms. The molecule has 0 radical (unpaired) electrons. The van der Waals surface area contributed by atoms with Gasteiger partial charge >= 0.3 is 0 Å². The summed E-state index contributed by atoms with van der Waals surface area (Å²) in [5, 5.41) is 8.75. The third kappa shape index (κ3) is 3.18. The lowest BCUT2D eigenvalue weighted by Gasteiger charge is -2.30. The van der Waals surface area contributed by atoms with Crippen LogP contribution >= 0.6 is 0 Å². The molecule has 1 aliphatic carbocycles. The lowest BCUT2D eigenvalue weighted by atomic mass is 9.93. The van der Waals surface area contributed by atoms with E-state index in [-0.39, 0.29) is 0 Å². The predicted molar refractivity (Wildman–Crippen MR) is 69.9 cm³/mol. The average Bonchev–Trinajstić information content (AvgIpc) is 2.40. The Labute approximate surface area is 108 Å². The molecule has 1 fully saturated rings. The first kappa shape index (κ1) is 12.8. The molecule has 1 saturated carbocycles. The molecular formula is C15H18N2O. The first-order chi connectivity index (χ1) is 8.69. The van der Waals surface area contributed by atoms with Gasteiger partial charge in [0.2, 0.25) is 0 Å². The maximum Gasteiger partial charge on any atom is 0.133 e. The van der Waals surface area contributed by atoms with Gasteiger partial charge in [0.05, 0.1) is 11.6 Å². The number of carbonyl (C=O) groups is 1. The molecule has 1 aromatic carbocycles. The van der Waals surface area contributed by atoms with Crippen molar-refractivity contribution >= 4 is 5.78 Å². The highest BCUT2D eigenvalue weighted by Gasteiger charge is 2.21. The van der Waals surface area contributed by atoms with Gasteiger partial charge in [-0.3, -0.25) is 9.69 Å². The fourth-order valence-electron chi connectivity index (χ4n) is 2.47. The minimum absolute atomic E-state index is 0.401. The van der Waals surface area contributed by atoms with Crippen molar-refractivity contribution in [1.29, 1.82) is 5.26 Å². The first-order valence-electron chi connectivity index (χ1n) is 6.40. The molecule has 0 unspecified atom stereocenters. The van der Waals surface area contributed by atoms with Crippen LogP contribution < -0.4 is 0 Å². The van der Waals surface area contributed by atoms with Gasteiger partial charge < -0.3 is 0 Å². The van der Waals surface area contributed by atoms with E-state index in [1.165, 1.54) is 5.56 Å². The maximum absolute atomic E-state index is 11.2. The van der Waals surface area contributed by atoms with Crippen LogP contribution in [0.3, 0.4) is 0 Å². The smallest absolute Gasteiger partial charge is 0.133 e. The van der Waals surface area contributed by atoms with E-state index in [1.807, 2.05) is 24.3 Å². The molecule has 2 rings (SSSR count). The summed E-state index contributed by atoms with van der Waals surface area (Å²) in [6.07, 6.45) is 3.40. The number of nitrogens with zero attached hydrogens (tertiary/aromatic N) is 2. The predicted octanol–water partition coefficient (Wildman–Crippen LogP) is 2.50. The van der Waals surface area contributed by atoms with E-state index in [9.17, 15) is 4.79 Å². The standard InChI is InChI=1S/C15H18N2O/c1-17(14-6-8-15(18)9-7-14)11-13-4-2-12(10-16)3-5-13/h2-5,14H,6-9,11H2,1H3. The van der Waals surface area contributed by atoms with Gasteiger partial charge in [-0.15, -0.1) is 0 Å². The SMILES string of the molecule is CN(Cc1ccc(C#N)cc1)C1CCC(=O)CC1. The zero-order valence-electron chi connectivity index (χ0n) is 10.7. The van der Waals surface area contributed by atoms with Crippen LogP contribution in [0.2, 0.25) is 0 Å². The molecule has 1 aromatic rings. The second kappa shape index (κ2) is 5.79. The zero-order valence-corrected chi connectivity index (χ0v) is 10.7. The van der Waals surface area contributed by atoms with Gasteiger partial charge in [-0.25, -0.2) is 0 Å². The number of benzene rings is 1. The van der Waals surface area contributed by atoms with E-state index >= 15 is 0 Å². The van der Waals surface area contributed by atoms with Gasteiger partial charge in [-0.2, -0.15) is 5.26 Å². The minimum Gasteiger partial charge on any atom is -0.300 e. The largest absolute Gasteiger partial charge is 0.300 e. The van der Waals surface area contributed by atoms with Crippen LogP contribution in [0.4, 0.5) is 0 Å². The van der Waals surface area contributed by atoms with Crippen molar-refractivity contribution in [3.63, 3.8) is 0 Å². The van der Waals surface area contributed by atoms with Gasteiger partial charge in [-0.05, 0) is 37.6 Å². The Balaban J connectivity index is 1.92. The van der Waals surface area contributed by atoms with Crippen molar-refractivity contribution < 1.29 is 4.79 Å². The van der Waals surface area contributed by atoms with Gasteiger partial charge in [0, 0.05) is 25.4 Å². The van der Waals surface area contributed by atoms with Gasteiger partial charge in [-0.1, -0.05) is 12.1 Å². The topological polar surface area (TPSA) is 44.1 Å². The lowest BCUT2D eigenvalue weighted by Crippen LogP contribution is -2.34. The van der Waals surface area contributed by atoms with Crippen LogP contribution in [0.25, 0.3) is 0 Å². The van der Waals surface area contributed by atoms with Crippen LogP contribution in [0.5, 0.6) is 0 Å². The number of hydrogen-bond donors (Lipinski definition) is 0. The number of nitriles is 1. The highest BCUT2D eigenvalue weighted by molar-refractivity contribution is 5.79. The number of ketones is 1. The van der Waals surface area contributed by atoms with Crippen molar-refractivity contribution in [3.8, 4) is 6.07 Å². The third-order valence-electron chi connectivity index (χ3n) is 3.65. The summed E-state index contributed by atoms with van der Waals surface area (Å²) in [4.78, 5) is 13.5. The van der Waals surface area contributed by atoms with Crippen molar-refractivity contribution in [2.45, 2.75) is 38.3 Å². The highest BCUT2D eigenvalue weighted by atomic mass is 16.1. The van der Waals surface area contributed by atoms with Crippen LogP contribution in [-0.4, -0.2) is 23.8 Å². The summed E-state index contributed by atoms with van der Waals surface area (Å²) in [5.74, 6) is 0.401. The molecule has 0 amide bonds. The molecule has 3 nitrogen and oxygen atoms in total. The van der Waals surface area contributed by atoms with E-state index in [1.54, 1.807) is 0 Å². The number of hydrogen-bond acceptors (Lipinski definition) is 3. The van der Waals surface area contributed by atoms with Crippen LogP contribution in [0.15, 0.2) is 24.3 Å². The molecule has 0 atom stereocenters. The van der Waals surface area contributed by atoms with E-state index in [0.29, 0.717) is 17.4 Å². The summed E-state index contributed by atoms with van der Waals surface area (Å²) in [6.45, 7) is 0.880. The molecular weight excluding hydrogens is 224 g/mol. The van der Waals surface area contributed by atoms with E-state index in [0.717, 1.165) is 32.2 Å². The molecule has 0 saturated heterocycles. The number of rotatable bonds is 3. The summed E-state index contributed by atoms with van der Waals surface area (Å²) < 4.78 is 0. The Kier molecular flexibility index (Phi) is 4.11. The molecule has 0 bridgehead atoms. The van der Waals surface area contributed by atoms with Crippen LogP contribution in [-0.2, 0) is 11.3 Å². The Morgan fingerprint density at radius 3 is 2.44 bits per heavy atom. The zero-order chi connectivity index (χ0) is 13.0. The highest BCUT2D eigenvalue weighted by Crippen LogP contribution is 2.21. The molecule has 0 aliphatic heterocycles. The van der Waals surface area contributed by atoms with Gasteiger partial charge in [0.1, 0.15) is 5.78 Å². The van der Waals surface area contributed by atoms with E-state index in [4.69, 9.17) is 5.26 Å². The number of carbonyl (C=O) groups excluding carboxylic acids is 1. The normalized spacial score (nSPS) is 16.8. The average molecular weight is 242 g/mol. The second-order valence-corrected chi connectivity index (χ2v) is 4.99. The van der Waals surface area contributed by atoms with Crippen molar-refractivity contribution in [2.24, 2.45) is 0 Å². The molecule has 1 aliphatic rings. The van der Waals surface area contributed by atoms with Gasteiger partial charge in [0.25, 0.3) is 0 Å². The Morgan fingerprint density at radius 1 is 1.28 bits per heavy atom. The molecule has 0 spiro atoms. The summed E-state index contributed by atoms with van der Waals surface area (Å²) >= 11 is 0. The van der Waals surface area contributed by atoms with Crippen LogP contribution in [0, 0.1) is 11.3 Å². The van der Waals surface area contributed by atoms with Gasteiger partial charge in [0.15, 0.2) is 0 Å². The Morgan fingerprint density at radius 2 is 1.89 bits per heavy atom. The molecule has 0 N–H and O–H groups in total. The van der Waals surface area contributed by atoms with E-state index < -0.39 is 0 Å². The van der Waals surface area contributed by atoms with E-state index in [2.05, 4.69) is 18.0 Å². The lowest BCUT2D eigenvalue weighted by molar-refractivity contribution is -0.121. The number of Topliss-reactive ketones (excluding diaryl/α,β-unsaturated/α-hetero) is 1. The quantitative estimate of drug-likeness (QED) is 0.818. The molecule has 0 aromatic heterocycles. The molecule has 18 heavy (non-hydrogen) atoms. The Bertz CT molecular complexity index is 448. The van der Waals surface area contributed by atoms with Crippen molar-refractivity contribution in [3.05, 3.63) is 35.4 Å². The Hall–Kier alpha value is -1.66.